The zero-order chi connectivity index (χ0) is 20.9. The minimum atomic E-state index is -0.884. The van der Waals surface area contributed by atoms with Crippen LogP contribution in [0.4, 0.5) is 19.3 Å². The molecule has 1 atom stereocenters. The number of nitrogens with one attached hydrogen (secondary N) is 2. The number of carbonyl (C=O) groups excluding carboxylic acids is 1. The van der Waals surface area contributed by atoms with E-state index in [2.05, 4.69) is 20.8 Å². The van der Waals surface area contributed by atoms with Gasteiger partial charge in [0.25, 0.3) is 0 Å². The number of rotatable bonds is 5. The van der Waals surface area contributed by atoms with Crippen LogP contribution < -0.4 is 10.6 Å². The second-order valence-corrected chi connectivity index (χ2v) is 6.38. The Balaban J connectivity index is 1.60. The van der Waals surface area contributed by atoms with Gasteiger partial charge in [0.05, 0.1) is 5.69 Å². The molecule has 30 heavy (non-hydrogen) atoms. The van der Waals surface area contributed by atoms with Crippen molar-refractivity contribution in [1.29, 1.82) is 0 Å². The van der Waals surface area contributed by atoms with Gasteiger partial charge in [0.1, 0.15) is 17.7 Å². The van der Waals surface area contributed by atoms with E-state index >= 15 is 0 Å². The molecular formula is C22H16F2N4O2. The summed E-state index contributed by atoms with van der Waals surface area (Å²) in [5, 5.41) is 13.2. The molecule has 0 unspecified atom stereocenters. The second kappa shape index (κ2) is 8.52. The lowest BCUT2D eigenvalue weighted by Crippen LogP contribution is -2.33. The Morgan fingerprint density at radius 3 is 2.30 bits per heavy atom. The molecule has 8 heteroatoms. The largest absolute Gasteiger partial charge is 0.418 e. The average molecular weight is 406 g/mol. The molecule has 3 aromatic carbocycles. The quantitative estimate of drug-likeness (QED) is 0.493. The molecule has 0 saturated carbocycles. The van der Waals surface area contributed by atoms with E-state index in [-0.39, 0.29) is 11.6 Å². The molecule has 0 radical (unpaired) electrons. The van der Waals surface area contributed by atoms with Crippen molar-refractivity contribution in [1.82, 2.24) is 15.5 Å². The summed E-state index contributed by atoms with van der Waals surface area (Å²) in [5.74, 6) is -1.15. The van der Waals surface area contributed by atoms with Crippen LogP contribution >= 0.6 is 0 Å². The summed E-state index contributed by atoms with van der Waals surface area (Å²) < 4.78 is 32.7. The predicted molar refractivity (Wildman–Crippen MR) is 107 cm³/mol. The standard InChI is InChI=1S/C22H16F2N4O2/c23-16-11-12-18(17(24)13-16)25-22(29)26-19(14-7-3-1-4-8-14)21-28-27-20(30-21)15-9-5-2-6-10-15/h1-13,19H,(H2,25,26,29)/t19-/m0/s1. The first-order valence-electron chi connectivity index (χ1n) is 9.06. The molecule has 0 aliphatic carbocycles. The molecule has 2 N–H and O–H groups in total. The fourth-order valence-electron chi connectivity index (χ4n) is 2.86. The minimum Gasteiger partial charge on any atom is -0.418 e. The first-order valence-corrected chi connectivity index (χ1v) is 9.06. The molecule has 0 aliphatic rings. The zero-order valence-corrected chi connectivity index (χ0v) is 15.5. The molecule has 0 aliphatic heterocycles. The number of benzene rings is 3. The van der Waals surface area contributed by atoms with Gasteiger partial charge in [0, 0.05) is 11.6 Å². The molecule has 2 amide bonds. The lowest BCUT2D eigenvalue weighted by molar-refractivity contribution is 0.248. The summed E-state index contributed by atoms with van der Waals surface area (Å²) in [5.41, 5.74) is 1.27. The number of hydrogen-bond donors (Lipinski definition) is 2. The average Bonchev–Trinajstić information content (AvgIpc) is 3.25. The molecule has 1 heterocycles. The van der Waals surface area contributed by atoms with Crippen molar-refractivity contribution in [3.8, 4) is 11.5 Å². The van der Waals surface area contributed by atoms with Gasteiger partial charge in [0.2, 0.25) is 11.8 Å². The van der Waals surface area contributed by atoms with E-state index in [1.165, 1.54) is 0 Å². The topological polar surface area (TPSA) is 80.0 Å². The van der Waals surface area contributed by atoms with Crippen LogP contribution in [0.3, 0.4) is 0 Å². The van der Waals surface area contributed by atoms with E-state index in [1.807, 2.05) is 36.4 Å². The number of aromatic nitrogens is 2. The predicted octanol–water partition coefficient (Wildman–Crippen LogP) is 4.93. The Labute approximate surface area is 170 Å². The highest BCUT2D eigenvalue weighted by atomic mass is 19.1. The Kier molecular flexibility index (Phi) is 5.47. The number of hydrogen-bond acceptors (Lipinski definition) is 4. The summed E-state index contributed by atoms with van der Waals surface area (Å²) in [6.45, 7) is 0. The first kappa shape index (κ1) is 19.3. The molecule has 6 nitrogen and oxygen atoms in total. The van der Waals surface area contributed by atoms with E-state index < -0.39 is 23.7 Å². The normalized spacial score (nSPS) is 11.7. The molecule has 0 spiro atoms. The summed E-state index contributed by atoms with van der Waals surface area (Å²) in [4.78, 5) is 12.5. The maximum atomic E-state index is 13.9. The SMILES string of the molecule is O=C(Nc1ccc(F)cc1F)N[C@@H](c1ccccc1)c1nnc(-c2ccccc2)o1. The number of urea groups is 1. The molecule has 0 saturated heterocycles. The van der Waals surface area contributed by atoms with Crippen LogP contribution in [0.1, 0.15) is 17.5 Å². The Hall–Kier alpha value is -4.07. The number of halogens is 2. The van der Waals surface area contributed by atoms with Crippen molar-refractivity contribution in [2.24, 2.45) is 0 Å². The molecule has 0 bridgehead atoms. The van der Waals surface area contributed by atoms with Crippen LogP contribution in [-0.2, 0) is 0 Å². The van der Waals surface area contributed by atoms with Crippen LogP contribution in [0.15, 0.2) is 83.3 Å². The van der Waals surface area contributed by atoms with Gasteiger partial charge < -0.3 is 15.1 Å². The number of anilines is 1. The van der Waals surface area contributed by atoms with E-state index in [1.54, 1.807) is 24.3 Å². The van der Waals surface area contributed by atoms with E-state index in [9.17, 15) is 13.6 Å². The van der Waals surface area contributed by atoms with Gasteiger partial charge in [-0.1, -0.05) is 48.5 Å². The summed E-state index contributed by atoms with van der Waals surface area (Å²) in [7, 11) is 0. The van der Waals surface area contributed by atoms with E-state index in [0.29, 0.717) is 17.5 Å². The van der Waals surface area contributed by atoms with Crippen LogP contribution in [0.2, 0.25) is 0 Å². The molecule has 150 valence electrons. The van der Waals surface area contributed by atoms with Crippen molar-refractivity contribution >= 4 is 11.7 Å². The van der Waals surface area contributed by atoms with Gasteiger partial charge in [-0.3, -0.25) is 0 Å². The molecule has 1 aromatic heterocycles. The lowest BCUT2D eigenvalue weighted by Gasteiger charge is -2.16. The van der Waals surface area contributed by atoms with Crippen molar-refractivity contribution in [3.63, 3.8) is 0 Å². The third-order valence-corrected chi connectivity index (χ3v) is 4.30. The third kappa shape index (κ3) is 4.33. The van der Waals surface area contributed by atoms with Gasteiger partial charge in [-0.15, -0.1) is 10.2 Å². The molecule has 4 aromatic rings. The third-order valence-electron chi connectivity index (χ3n) is 4.30. The molecule has 4 rings (SSSR count). The maximum absolute atomic E-state index is 13.9. The summed E-state index contributed by atoms with van der Waals surface area (Å²) in [6, 6.07) is 19.6. The van der Waals surface area contributed by atoms with Gasteiger partial charge in [-0.25, -0.2) is 13.6 Å². The smallest absolute Gasteiger partial charge is 0.320 e. The number of carbonyl (C=O) groups is 1. The van der Waals surface area contributed by atoms with Gasteiger partial charge in [-0.05, 0) is 29.8 Å². The zero-order valence-electron chi connectivity index (χ0n) is 15.5. The highest BCUT2D eigenvalue weighted by Crippen LogP contribution is 2.25. The fourth-order valence-corrected chi connectivity index (χ4v) is 2.86. The molecular weight excluding hydrogens is 390 g/mol. The highest BCUT2D eigenvalue weighted by Gasteiger charge is 2.24. The van der Waals surface area contributed by atoms with Crippen molar-refractivity contribution in [2.75, 3.05) is 5.32 Å². The monoisotopic (exact) mass is 406 g/mol. The summed E-state index contributed by atoms with van der Waals surface area (Å²) in [6.07, 6.45) is 0. The lowest BCUT2D eigenvalue weighted by atomic mass is 10.1. The van der Waals surface area contributed by atoms with Gasteiger partial charge in [-0.2, -0.15) is 0 Å². The highest BCUT2D eigenvalue weighted by molar-refractivity contribution is 5.89. The Morgan fingerprint density at radius 1 is 0.900 bits per heavy atom. The minimum absolute atomic E-state index is 0.156. The summed E-state index contributed by atoms with van der Waals surface area (Å²) >= 11 is 0. The van der Waals surface area contributed by atoms with Crippen LogP contribution in [0, 0.1) is 11.6 Å². The number of nitrogens with zero attached hydrogens (tertiary/aromatic N) is 2. The Bertz CT molecular complexity index is 1150. The second-order valence-electron chi connectivity index (χ2n) is 6.38. The Morgan fingerprint density at radius 2 is 1.60 bits per heavy atom. The van der Waals surface area contributed by atoms with Crippen LogP contribution in [0.25, 0.3) is 11.5 Å². The first-order chi connectivity index (χ1) is 14.6. The van der Waals surface area contributed by atoms with Crippen LogP contribution in [0.5, 0.6) is 0 Å². The number of amides is 2. The fraction of sp³-hybridized carbons (Fsp3) is 0.0455. The molecule has 0 fully saturated rings. The maximum Gasteiger partial charge on any atom is 0.320 e. The van der Waals surface area contributed by atoms with Crippen molar-refractivity contribution in [3.05, 3.63) is 102 Å². The van der Waals surface area contributed by atoms with Crippen LogP contribution in [-0.4, -0.2) is 16.2 Å². The van der Waals surface area contributed by atoms with E-state index in [0.717, 1.165) is 17.7 Å². The van der Waals surface area contributed by atoms with Crippen molar-refractivity contribution < 1.29 is 18.0 Å². The van der Waals surface area contributed by atoms with Crippen molar-refractivity contribution in [2.45, 2.75) is 6.04 Å². The van der Waals surface area contributed by atoms with E-state index in [4.69, 9.17) is 4.42 Å². The van der Waals surface area contributed by atoms with Gasteiger partial charge >= 0.3 is 6.03 Å². The van der Waals surface area contributed by atoms with Gasteiger partial charge in [0.15, 0.2) is 0 Å².